The summed E-state index contributed by atoms with van der Waals surface area (Å²) in [7, 11) is 0. The first-order valence-corrected chi connectivity index (χ1v) is 13.4. The second-order valence-electron chi connectivity index (χ2n) is 8.80. The molecular weight excluding hydrogens is 480 g/mol. The number of aromatic nitrogens is 4. The van der Waals surface area contributed by atoms with Crippen molar-refractivity contribution < 1.29 is 0 Å². The van der Waals surface area contributed by atoms with E-state index in [1.165, 1.54) is 40.3 Å². The molecule has 0 amide bonds. The highest BCUT2D eigenvalue weighted by molar-refractivity contribution is 7.26. The van der Waals surface area contributed by atoms with Gasteiger partial charge in [0.15, 0.2) is 11.6 Å². The van der Waals surface area contributed by atoms with Crippen molar-refractivity contribution in [3.8, 4) is 23.0 Å². The minimum Gasteiger partial charge on any atom is -0.297 e. The van der Waals surface area contributed by atoms with E-state index in [1.807, 2.05) is 47.5 Å². The monoisotopic (exact) mass is 498 g/mol. The lowest BCUT2D eigenvalue weighted by Crippen LogP contribution is -2.02. The van der Waals surface area contributed by atoms with Gasteiger partial charge in [-0.15, -0.1) is 22.7 Å². The van der Waals surface area contributed by atoms with Crippen molar-refractivity contribution in [1.82, 2.24) is 19.1 Å². The highest BCUT2D eigenvalue weighted by Crippen LogP contribution is 2.37. The highest BCUT2D eigenvalue weighted by Gasteiger charge is 2.16. The lowest BCUT2D eigenvalue weighted by atomic mass is 10.1. The van der Waals surface area contributed by atoms with Crippen molar-refractivity contribution in [2.24, 2.45) is 0 Å². The maximum absolute atomic E-state index is 4.74. The van der Waals surface area contributed by atoms with Crippen LogP contribution in [0.5, 0.6) is 0 Å². The fraction of sp³-hybridized carbons (Fsp3) is 0. The summed E-state index contributed by atoms with van der Waals surface area (Å²) in [6.45, 7) is 0. The molecule has 0 radical (unpaired) electrons. The molecule has 0 unspecified atom stereocenters. The normalized spacial score (nSPS) is 11.9. The number of benzene rings is 4. The molecular formula is C30H18N4S2. The van der Waals surface area contributed by atoms with Gasteiger partial charge in [-0.25, -0.2) is 9.97 Å². The van der Waals surface area contributed by atoms with Crippen LogP contribution in [0.15, 0.2) is 110 Å². The summed E-state index contributed by atoms with van der Waals surface area (Å²) in [5.74, 6) is 1.63. The number of thiophene rings is 2. The minimum absolute atomic E-state index is 0.814. The Morgan fingerprint density at radius 2 is 0.917 bits per heavy atom. The van der Waals surface area contributed by atoms with E-state index in [1.54, 1.807) is 0 Å². The van der Waals surface area contributed by atoms with E-state index in [0.29, 0.717) is 0 Å². The Kier molecular flexibility index (Phi) is 4.23. The van der Waals surface area contributed by atoms with Gasteiger partial charge < -0.3 is 0 Å². The predicted molar refractivity (Wildman–Crippen MR) is 152 cm³/mol. The van der Waals surface area contributed by atoms with Crippen LogP contribution < -0.4 is 0 Å². The third kappa shape index (κ3) is 2.92. The van der Waals surface area contributed by atoms with Crippen molar-refractivity contribution in [2.45, 2.75) is 0 Å². The number of nitrogens with zero attached hydrogens (tertiary/aromatic N) is 4. The molecule has 0 aliphatic heterocycles. The van der Waals surface area contributed by atoms with E-state index in [-0.39, 0.29) is 0 Å². The number of rotatable bonds is 3. The summed E-state index contributed by atoms with van der Waals surface area (Å²) in [5.41, 5.74) is 2.15. The minimum atomic E-state index is 0.814. The zero-order valence-electron chi connectivity index (χ0n) is 19.0. The molecule has 170 valence electrons. The van der Waals surface area contributed by atoms with Crippen molar-refractivity contribution in [1.29, 1.82) is 0 Å². The molecule has 0 aliphatic carbocycles. The van der Waals surface area contributed by atoms with Crippen LogP contribution in [0.4, 0.5) is 0 Å². The van der Waals surface area contributed by atoms with Crippen molar-refractivity contribution in [2.75, 3.05) is 0 Å². The second kappa shape index (κ2) is 7.62. The molecule has 4 aromatic heterocycles. The van der Waals surface area contributed by atoms with E-state index in [0.717, 1.165) is 23.0 Å². The fourth-order valence-electron chi connectivity index (χ4n) is 5.08. The smallest absolute Gasteiger partial charge is 0.181 e. The van der Waals surface area contributed by atoms with Crippen LogP contribution in [-0.4, -0.2) is 19.1 Å². The van der Waals surface area contributed by atoms with E-state index in [9.17, 15) is 0 Å². The van der Waals surface area contributed by atoms with Crippen molar-refractivity contribution >= 4 is 63.0 Å². The molecule has 0 spiro atoms. The van der Waals surface area contributed by atoms with Crippen LogP contribution in [0.1, 0.15) is 0 Å². The van der Waals surface area contributed by atoms with E-state index >= 15 is 0 Å². The number of imidazole rings is 2. The third-order valence-electron chi connectivity index (χ3n) is 6.76. The van der Waals surface area contributed by atoms with Gasteiger partial charge >= 0.3 is 0 Å². The van der Waals surface area contributed by atoms with E-state index in [4.69, 9.17) is 9.97 Å². The van der Waals surface area contributed by atoms with Crippen LogP contribution in [-0.2, 0) is 0 Å². The molecule has 4 heterocycles. The van der Waals surface area contributed by atoms with Crippen LogP contribution in [0, 0.1) is 0 Å². The predicted octanol–water partition coefficient (Wildman–Crippen LogP) is 8.46. The lowest BCUT2D eigenvalue weighted by Gasteiger charge is -2.11. The molecule has 0 fully saturated rings. The number of fused-ring (bicyclic) bond motifs is 6. The molecule has 36 heavy (non-hydrogen) atoms. The number of hydrogen-bond donors (Lipinski definition) is 0. The van der Waals surface area contributed by atoms with Crippen LogP contribution in [0.25, 0.3) is 63.4 Å². The SMILES string of the molecule is c1ccc2c(c1)sc1ccc(-n3ccnc3-c3nccn3-c3ccc4sc5ccccc5c4c3)cc12. The molecule has 8 rings (SSSR count). The largest absolute Gasteiger partial charge is 0.297 e. The van der Waals surface area contributed by atoms with Gasteiger partial charge in [0, 0.05) is 76.5 Å². The van der Waals surface area contributed by atoms with Gasteiger partial charge in [-0.1, -0.05) is 36.4 Å². The first-order chi connectivity index (χ1) is 17.8. The van der Waals surface area contributed by atoms with E-state index < -0.39 is 0 Å². The summed E-state index contributed by atoms with van der Waals surface area (Å²) < 4.78 is 9.45. The van der Waals surface area contributed by atoms with Crippen LogP contribution in [0.3, 0.4) is 0 Å². The highest BCUT2D eigenvalue weighted by atomic mass is 32.1. The molecule has 0 atom stereocenters. The van der Waals surface area contributed by atoms with Crippen molar-refractivity contribution in [3.05, 3.63) is 110 Å². The topological polar surface area (TPSA) is 35.6 Å². The average molecular weight is 499 g/mol. The molecule has 8 aromatic rings. The first-order valence-electron chi connectivity index (χ1n) is 11.7. The van der Waals surface area contributed by atoms with Gasteiger partial charge in [0.1, 0.15) is 0 Å². The number of hydrogen-bond acceptors (Lipinski definition) is 4. The molecule has 0 saturated carbocycles. The van der Waals surface area contributed by atoms with Gasteiger partial charge in [-0.2, -0.15) is 0 Å². The summed E-state index contributed by atoms with van der Waals surface area (Å²) >= 11 is 3.66. The Hall–Kier alpha value is -4.26. The fourth-order valence-corrected chi connectivity index (χ4v) is 7.26. The van der Waals surface area contributed by atoms with Gasteiger partial charge in [-0.05, 0) is 48.5 Å². The average Bonchev–Trinajstić information content (AvgIpc) is 3.71. The molecule has 0 saturated heterocycles. The van der Waals surface area contributed by atoms with Gasteiger partial charge in [0.05, 0.1) is 0 Å². The lowest BCUT2D eigenvalue weighted by molar-refractivity contribution is 0.990. The summed E-state index contributed by atoms with van der Waals surface area (Å²) in [6, 6.07) is 30.5. The van der Waals surface area contributed by atoms with E-state index in [2.05, 4.69) is 94.1 Å². The van der Waals surface area contributed by atoms with Crippen LogP contribution >= 0.6 is 22.7 Å². The summed E-state index contributed by atoms with van der Waals surface area (Å²) in [5, 5.41) is 5.12. The summed E-state index contributed by atoms with van der Waals surface area (Å²) in [6.07, 6.45) is 7.72. The van der Waals surface area contributed by atoms with Gasteiger partial charge in [0.2, 0.25) is 0 Å². The Morgan fingerprint density at radius 1 is 0.472 bits per heavy atom. The standard InChI is InChI=1S/C30H18N4S2/c1-3-7-25-21(5-1)23-17-19(9-11-27(23)35-25)33-15-13-31-29(33)30-32-14-16-34(30)20-10-12-28-24(18-20)22-6-2-4-8-26(22)36-28/h1-18H. The Morgan fingerprint density at radius 3 is 1.42 bits per heavy atom. The molecule has 0 N–H and O–H groups in total. The third-order valence-corrected chi connectivity index (χ3v) is 9.06. The molecule has 4 nitrogen and oxygen atoms in total. The Bertz CT molecular complexity index is 1920. The zero-order valence-corrected chi connectivity index (χ0v) is 20.6. The molecule has 6 heteroatoms. The maximum atomic E-state index is 4.74. The first kappa shape index (κ1) is 20.0. The Labute approximate surface area is 214 Å². The molecule has 0 aliphatic rings. The van der Waals surface area contributed by atoms with Gasteiger partial charge in [-0.3, -0.25) is 9.13 Å². The van der Waals surface area contributed by atoms with Crippen molar-refractivity contribution in [3.63, 3.8) is 0 Å². The van der Waals surface area contributed by atoms with Crippen LogP contribution in [0.2, 0.25) is 0 Å². The summed E-state index contributed by atoms with van der Waals surface area (Å²) in [4.78, 5) is 9.48. The quantitative estimate of drug-likeness (QED) is 0.245. The second-order valence-corrected chi connectivity index (χ2v) is 11.0. The zero-order chi connectivity index (χ0) is 23.6. The Balaban J connectivity index is 1.28. The molecule has 4 aromatic carbocycles. The maximum Gasteiger partial charge on any atom is 0.181 e. The molecule has 0 bridgehead atoms. The van der Waals surface area contributed by atoms with Gasteiger partial charge in [0.25, 0.3) is 0 Å².